The molecule has 0 amide bonds. The van der Waals surface area contributed by atoms with E-state index < -0.39 is 0 Å². The monoisotopic (exact) mass is 368 g/mol. The standard InChI is InChI=1S/C24H20N2O2/c1-17-11-13-19(14-12-17)24-21-15-25-26(27-16-18-7-3-2-4-8-18)23(21)20-9-5-6-10-22(20)28-24/h2-15,24H,16H2,1H3. The first kappa shape index (κ1) is 16.6. The van der Waals surface area contributed by atoms with Crippen LogP contribution in [0.2, 0.25) is 0 Å². The van der Waals surface area contributed by atoms with Gasteiger partial charge in [0.15, 0.2) is 6.10 Å². The zero-order valence-corrected chi connectivity index (χ0v) is 15.6. The zero-order valence-electron chi connectivity index (χ0n) is 15.6. The minimum absolute atomic E-state index is 0.209. The molecule has 1 aliphatic heterocycles. The molecular formula is C24H20N2O2. The molecule has 138 valence electrons. The largest absolute Gasteiger partial charge is 0.480 e. The van der Waals surface area contributed by atoms with Crippen molar-refractivity contribution in [2.45, 2.75) is 19.6 Å². The summed E-state index contributed by atoms with van der Waals surface area (Å²) in [6.07, 6.45) is 1.64. The molecule has 0 N–H and O–H groups in total. The molecule has 1 unspecified atom stereocenters. The Hall–Kier alpha value is -3.53. The van der Waals surface area contributed by atoms with Crippen molar-refractivity contribution in [1.29, 1.82) is 0 Å². The summed E-state index contributed by atoms with van der Waals surface area (Å²) >= 11 is 0. The van der Waals surface area contributed by atoms with Crippen molar-refractivity contribution in [1.82, 2.24) is 9.94 Å². The van der Waals surface area contributed by atoms with Crippen LogP contribution < -0.4 is 9.57 Å². The van der Waals surface area contributed by atoms with Gasteiger partial charge >= 0.3 is 0 Å². The van der Waals surface area contributed by atoms with Gasteiger partial charge in [-0.05, 0) is 30.2 Å². The third-order valence-electron chi connectivity index (χ3n) is 5.01. The summed E-state index contributed by atoms with van der Waals surface area (Å²) in [7, 11) is 0. The maximum atomic E-state index is 6.35. The van der Waals surface area contributed by atoms with Crippen LogP contribution in [0.5, 0.6) is 5.75 Å². The van der Waals surface area contributed by atoms with Crippen molar-refractivity contribution in [3.8, 4) is 17.0 Å². The van der Waals surface area contributed by atoms with Crippen molar-refractivity contribution in [2.24, 2.45) is 0 Å². The summed E-state index contributed by atoms with van der Waals surface area (Å²) in [5, 5.41) is 4.52. The molecule has 4 nitrogen and oxygen atoms in total. The van der Waals surface area contributed by atoms with Crippen LogP contribution in [0.3, 0.4) is 0 Å². The van der Waals surface area contributed by atoms with Crippen LogP contribution in [-0.2, 0) is 6.61 Å². The molecule has 0 spiro atoms. The Balaban J connectivity index is 1.55. The van der Waals surface area contributed by atoms with Crippen LogP contribution in [0.1, 0.15) is 28.4 Å². The van der Waals surface area contributed by atoms with Crippen LogP contribution in [0, 0.1) is 6.92 Å². The highest BCUT2D eigenvalue weighted by Crippen LogP contribution is 2.44. The Morgan fingerprint density at radius 2 is 1.68 bits per heavy atom. The van der Waals surface area contributed by atoms with E-state index in [1.54, 1.807) is 4.85 Å². The summed E-state index contributed by atoms with van der Waals surface area (Å²) in [6, 6.07) is 26.6. The van der Waals surface area contributed by atoms with E-state index in [4.69, 9.17) is 9.57 Å². The molecule has 0 bridgehead atoms. The number of rotatable bonds is 4. The number of hydrogen-bond donors (Lipinski definition) is 0. The van der Waals surface area contributed by atoms with Gasteiger partial charge in [-0.3, -0.25) is 0 Å². The SMILES string of the molecule is Cc1ccc(C2Oc3ccccc3-c3c2cnn3OCc2ccccc2)cc1. The third-order valence-corrected chi connectivity index (χ3v) is 5.01. The fourth-order valence-electron chi connectivity index (χ4n) is 3.55. The molecule has 1 aliphatic rings. The Morgan fingerprint density at radius 1 is 0.929 bits per heavy atom. The number of benzene rings is 3. The minimum atomic E-state index is -0.209. The molecule has 0 radical (unpaired) electrons. The number of fused-ring (bicyclic) bond motifs is 3. The first-order valence-corrected chi connectivity index (χ1v) is 9.37. The van der Waals surface area contributed by atoms with Crippen molar-refractivity contribution in [3.05, 3.63) is 107 Å². The van der Waals surface area contributed by atoms with E-state index in [0.717, 1.165) is 33.7 Å². The summed E-state index contributed by atoms with van der Waals surface area (Å²) in [5.74, 6) is 0.839. The Morgan fingerprint density at radius 3 is 2.50 bits per heavy atom. The number of hydrogen-bond acceptors (Lipinski definition) is 3. The number of aromatic nitrogens is 2. The van der Waals surface area contributed by atoms with Crippen molar-refractivity contribution < 1.29 is 9.57 Å². The van der Waals surface area contributed by atoms with Crippen LogP contribution >= 0.6 is 0 Å². The fourth-order valence-corrected chi connectivity index (χ4v) is 3.55. The number of nitrogens with zero attached hydrogens (tertiary/aromatic N) is 2. The topological polar surface area (TPSA) is 36.3 Å². The molecule has 0 saturated carbocycles. The fraction of sp³-hybridized carbons (Fsp3) is 0.125. The summed E-state index contributed by atoms with van der Waals surface area (Å²) in [6.45, 7) is 2.54. The maximum absolute atomic E-state index is 6.35. The van der Waals surface area contributed by atoms with Gasteiger partial charge in [-0.2, -0.15) is 0 Å². The lowest BCUT2D eigenvalue weighted by Gasteiger charge is -2.27. The average Bonchev–Trinajstić information content (AvgIpc) is 3.17. The van der Waals surface area contributed by atoms with Gasteiger partial charge in [0.2, 0.25) is 0 Å². The van der Waals surface area contributed by atoms with Gasteiger partial charge < -0.3 is 9.57 Å². The third kappa shape index (κ3) is 2.93. The lowest BCUT2D eigenvalue weighted by atomic mass is 9.95. The lowest BCUT2D eigenvalue weighted by molar-refractivity contribution is 0.0726. The molecule has 0 aliphatic carbocycles. The average molecular weight is 368 g/mol. The Labute approximate surface area is 163 Å². The van der Waals surface area contributed by atoms with Gasteiger partial charge in [0.05, 0.1) is 6.20 Å². The van der Waals surface area contributed by atoms with E-state index in [-0.39, 0.29) is 6.10 Å². The van der Waals surface area contributed by atoms with Crippen molar-refractivity contribution in [3.63, 3.8) is 0 Å². The van der Waals surface area contributed by atoms with E-state index in [1.807, 2.05) is 60.8 Å². The van der Waals surface area contributed by atoms with Gasteiger partial charge in [-0.15, -0.1) is 5.10 Å². The number of para-hydroxylation sites is 1. The smallest absolute Gasteiger partial charge is 0.153 e. The molecule has 1 atom stereocenters. The highest BCUT2D eigenvalue weighted by molar-refractivity contribution is 5.73. The van der Waals surface area contributed by atoms with Crippen molar-refractivity contribution in [2.75, 3.05) is 0 Å². The van der Waals surface area contributed by atoms with E-state index in [2.05, 4.69) is 36.3 Å². The molecule has 4 aromatic rings. The van der Waals surface area contributed by atoms with Gasteiger partial charge in [-0.1, -0.05) is 77.1 Å². The van der Waals surface area contributed by atoms with E-state index in [1.165, 1.54) is 5.56 Å². The second-order valence-electron chi connectivity index (χ2n) is 6.99. The molecule has 1 aromatic heterocycles. The maximum Gasteiger partial charge on any atom is 0.153 e. The van der Waals surface area contributed by atoms with Crippen LogP contribution in [-0.4, -0.2) is 9.94 Å². The molecular weight excluding hydrogens is 348 g/mol. The van der Waals surface area contributed by atoms with Gasteiger partial charge in [0.1, 0.15) is 18.1 Å². The zero-order chi connectivity index (χ0) is 18.9. The summed E-state index contributed by atoms with van der Waals surface area (Å²) in [4.78, 5) is 7.67. The molecule has 0 saturated heterocycles. The second-order valence-corrected chi connectivity index (χ2v) is 6.99. The Bertz CT molecular complexity index is 1100. The van der Waals surface area contributed by atoms with Crippen LogP contribution in [0.15, 0.2) is 85.1 Å². The predicted molar refractivity (Wildman–Crippen MR) is 108 cm³/mol. The lowest BCUT2D eigenvalue weighted by Crippen LogP contribution is -2.19. The molecule has 5 rings (SSSR count). The highest BCUT2D eigenvalue weighted by atomic mass is 16.7. The van der Waals surface area contributed by atoms with Gasteiger partial charge in [0.25, 0.3) is 0 Å². The van der Waals surface area contributed by atoms with Crippen LogP contribution in [0.4, 0.5) is 0 Å². The molecule has 2 heterocycles. The van der Waals surface area contributed by atoms with E-state index in [0.29, 0.717) is 6.61 Å². The number of aryl methyl sites for hydroxylation is 1. The summed E-state index contributed by atoms with van der Waals surface area (Å²) < 4.78 is 6.35. The summed E-state index contributed by atoms with van der Waals surface area (Å²) in [5.41, 5.74) is 6.37. The second kappa shape index (κ2) is 6.89. The normalized spacial score (nSPS) is 14.7. The van der Waals surface area contributed by atoms with Crippen LogP contribution in [0.25, 0.3) is 11.3 Å². The first-order chi connectivity index (χ1) is 13.8. The van der Waals surface area contributed by atoms with E-state index in [9.17, 15) is 0 Å². The minimum Gasteiger partial charge on any atom is -0.480 e. The predicted octanol–water partition coefficient (Wildman–Crippen LogP) is 4.97. The Kier molecular flexibility index (Phi) is 4.09. The quantitative estimate of drug-likeness (QED) is 0.510. The van der Waals surface area contributed by atoms with E-state index >= 15 is 0 Å². The molecule has 28 heavy (non-hydrogen) atoms. The first-order valence-electron chi connectivity index (χ1n) is 9.37. The molecule has 0 fully saturated rings. The van der Waals surface area contributed by atoms with Crippen molar-refractivity contribution >= 4 is 0 Å². The highest BCUT2D eigenvalue weighted by Gasteiger charge is 2.31. The van der Waals surface area contributed by atoms with Gasteiger partial charge in [-0.25, -0.2) is 0 Å². The molecule has 4 heteroatoms. The van der Waals surface area contributed by atoms with Gasteiger partial charge in [0, 0.05) is 11.1 Å². The molecule has 3 aromatic carbocycles. The number of ether oxygens (including phenoxy) is 1.